The monoisotopic (exact) mass is 401 g/mol. The highest BCUT2D eigenvalue weighted by molar-refractivity contribution is 7.99. The molecular weight excluding hydrogens is 378 g/mol. The molecule has 0 saturated carbocycles. The second-order valence-electron chi connectivity index (χ2n) is 7.29. The topological polar surface area (TPSA) is 65.8 Å². The number of carbonyl (C=O) groups is 1. The van der Waals surface area contributed by atoms with E-state index in [0.29, 0.717) is 17.7 Å². The normalized spacial score (nSPS) is 13.3. The number of thioether (sulfide) groups is 1. The summed E-state index contributed by atoms with van der Waals surface area (Å²) in [5.74, 6) is 0.568. The number of hydrogen-bond acceptors (Lipinski definition) is 4. The zero-order valence-corrected chi connectivity index (χ0v) is 17.1. The predicted octanol–water partition coefficient (Wildman–Crippen LogP) is 5.50. The van der Waals surface area contributed by atoms with Gasteiger partial charge in [0.2, 0.25) is 5.91 Å². The molecule has 0 unspecified atom stereocenters. The van der Waals surface area contributed by atoms with E-state index in [1.807, 2.05) is 48.5 Å². The second kappa shape index (κ2) is 9.11. The van der Waals surface area contributed by atoms with Crippen LogP contribution in [0.2, 0.25) is 0 Å². The largest absolute Gasteiger partial charge is 0.325 e. The summed E-state index contributed by atoms with van der Waals surface area (Å²) in [5, 5.41) is 15.4. The quantitative estimate of drug-likeness (QED) is 0.453. The lowest BCUT2D eigenvalue weighted by Gasteiger charge is -2.11. The maximum atomic E-state index is 12.5. The third kappa shape index (κ3) is 4.60. The maximum Gasteiger partial charge on any atom is 0.225 e. The number of carbonyl (C=O) groups excluding carboxylic acids is 1. The number of anilines is 1. The molecule has 1 N–H and O–H groups in total. The van der Waals surface area contributed by atoms with Gasteiger partial charge in [0.1, 0.15) is 11.1 Å². The Balaban J connectivity index is 1.40. The van der Waals surface area contributed by atoms with Crippen molar-refractivity contribution >= 4 is 34.1 Å². The van der Waals surface area contributed by atoms with Crippen molar-refractivity contribution in [2.75, 3.05) is 11.1 Å². The van der Waals surface area contributed by atoms with E-state index in [1.165, 1.54) is 30.2 Å². The van der Waals surface area contributed by atoms with Crippen molar-refractivity contribution < 1.29 is 4.79 Å². The van der Waals surface area contributed by atoms with E-state index >= 15 is 0 Å². The van der Waals surface area contributed by atoms with Gasteiger partial charge >= 0.3 is 0 Å². The number of fused-ring (bicyclic) bond motifs is 2. The van der Waals surface area contributed by atoms with Crippen LogP contribution < -0.4 is 5.32 Å². The van der Waals surface area contributed by atoms with Crippen molar-refractivity contribution in [3.05, 3.63) is 65.4 Å². The van der Waals surface area contributed by atoms with Gasteiger partial charge in [-0.25, -0.2) is 4.98 Å². The number of amides is 1. The lowest BCUT2D eigenvalue weighted by molar-refractivity contribution is -0.115. The van der Waals surface area contributed by atoms with E-state index in [-0.39, 0.29) is 5.91 Å². The van der Waals surface area contributed by atoms with Crippen molar-refractivity contribution in [3.8, 4) is 6.07 Å². The molecule has 1 aromatic heterocycles. The lowest BCUT2D eigenvalue weighted by atomic mass is 10.1. The summed E-state index contributed by atoms with van der Waals surface area (Å²) in [6.45, 7) is 0. The first-order valence-corrected chi connectivity index (χ1v) is 11.1. The Bertz CT molecular complexity index is 1080. The van der Waals surface area contributed by atoms with E-state index in [0.717, 1.165) is 46.4 Å². The third-order valence-electron chi connectivity index (χ3n) is 5.27. The Morgan fingerprint density at radius 3 is 2.83 bits per heavy atom. The van der Waals surface area contributed by atoms with E-state index in [2.05, 4.69) is 11.4 Å². The minimum atomic E-state index is -0.0258. The molecule has 5 heteroatoms. The molecule has 2 aromatic carbocycles. The van der Waals surface area contributed by atoms with E-state index in [4.69, 9.17) is 4.98 Å². The number of aryl methyl sites for hydroxylation is 2. The van der Waals surface area contributed by atoms with Crippen molar-refractivity contribution in [3.63, 3.8) is 0 Å². The zero-order chi connectivity index (χ0) is 20.1. The van der Waals surface area contributed by atoms with E-state index < -0.39 is 0 Å². The molecule has 0 atom stereocenters. The molecule has 0 saturated heterocycles. The number of nitrogens with zero attached hydrogens (tertiary/aromatic N) is 2. The van der Waals surface area contributed by atoms with Crippen LogP contribution in [0.5, 0.6) is 0 Å². The van der Waals surface area contributed by atoms with Gasteiger partial charge in [0, 0.05) is 28.9 Å². The molecule has 0 spiro atoms. The van der Waals surface area contributed by atoms with Crippen LogP contribution >= 0.6 is 11.8 Å². The minimum absolute atomic E-state index is 0.0258. The Kier molecular flexibility index (Phi) is 6.12. The van der Waals surface area contributed by atoms with Gasteiger partial charge in [0.15, 0.2) is 0 Å². The molecule has 4 rings (SSSR count). The highest BCUT2D eigenvalue weighted by atomic mass is 32.2. The first kappa shape index (κ1) is 19.5. The highest BCUT2D eigenvalue weighted by Gasteiger charge is 2.15. The molecule has 146 valence electrons. The molecule has 1 aliphatic rings. The summed E-state index contributed by atoms with van der Waals surface area (Å²) >= 11 is 1.50. The van der Waals surface area contributed by atoms with E-state index in [9.17, 15) is 10.1 Å². The van der Waals surface area contributed by atoms with Crippen LogP contribution in [0.25, 0.3) is 10.8 Å². The maximum absolute atomic E-state index is 12.5. The summed E-state index contributed by atoms with van der Waals surface area (Å²) in [6.07, 6.45) is 5.90. The fourth-order valence-corrected chi connectivity index (χ4v) is 4.68. The summed E-state index contributed by atoms with van der Waals surface area (Å²) in [5.41, 5.74) is 3.81. The molecule has 0 aliphatic heterocycles. The third-order valence-corrected chi connectivity index (χ3v) is 6.26. The summed E-state index contributed by atoms with van der Waals surface area (Å²) in [7, 11) is 0. The minimum Gasteiger partial charge on any atom is -0.325 e. The molecule has 0 radical (unpaired) electrons. The van der Waals surface area contributed by atoms with Gasteiger partial charge < -0.3 is 5.32 Å². The average Bonchev–Trinajstić information content (AvgIpc) is 2.98. The van der Waals surface area contributed by atoms with Crippen molar-refractivity contribution in [2.24, 2.45) is 0 Å². The van der Waals surface area contributed by atoms with Crippen molar-refractivity contribution in [2.45, 2.75) is 43.6 Å². The van der Waals surface area contributed by atoms with Crippen molar-refractivity contribution in [1.29, 1.82) is 5.26 Å². The molecule has 3 aromatic rings. The Hall–Kier alpha value is -2.84. The van der Waals surface area contributed by atoms with Crippen molar-refractivity contribution in [1.82, 2.24) is 4.98 Å². The summed E-state index contributed by atoms with van der Waals surface area (Å²) in [4.78, 5) is 17.2. The number of rotatable bonds is 5. The molecule has 1 heterocycles. The highest BCUT2D eigenvalue weighted by Crippen LogP contribution is 2.28. The number of nitriles is 1. The number of nitrogens with one attached hydrogen (secondary N) is 1. The standard InChI is InChI=1S/C24H23N3OS/c25-16-19-15-18-8-2-1-3-11-21(18)27-24(19)29-14-13-23(28)26-22-12-6-9-17-7-4-5-10-20(17)22/h4-7,9-10,12,15H,1-3,8,11,13-14H2,(H,26,28). The molecular formula is C24H23N3OS. The van der Waals surface area contributed by atoms with Crippen LogP contribution in [0, 0.1) is 11.3 Å². The predicted molar refractivity (Wildman–Crippen MR) is 118 cm³/mol. The zero-order valence-electron chi connectivity index (χ0n) is 16.3. The molecule has 0 fully saturated rings. The Labute approximate surface area is 175 Å². The molecule has 29 heavy (non-hydrogen) atoms. The number of pyridine rings is 1. The number of benzene rings is 2. The molecule has 0 bridgehead atoms. The van der Waals surface area contributed by atoms with E-state index in [1.54, 1.807) is 0 Å². The first-order chi connectivity index (χ1) is 14.2. The fourth-order valence-electron chi connectivity index (χ4n) is 3.77. The summed E-state index contributed by atoms with van der Waals surface area (Å²) in [6, 6.07) is 18.2. The van der Waals surface area contributed by atoms with Crippen LogP contribution in [0.4, 0.5) is 5.69 Å². The lowest BCUT2D eigenvalue weighted by Crippen LogP contribution is -2.12. The Morgan fingerprint density at radius 2 is 1.93 bits per heavy atom. The average molecular weight is 402 g/mol. The Morgan fingerprint density at radius 1 is 1.10 bits per heavy atom. The SMILES string of the molecule is N#Cc1cc2c(nc1SCCC(=O)Nc1cccc3ccccc13)CCCCC2. The second-order valence-corrected chi connectivity index (χ2v) is 8.38. The van der Waals surface area contributed by atoms with Crippen LogP contribution in [0.15, 0.2) is 53.6 Å². The van der Waals surface area contributed by atoms with Crippen LogP contribution in [0.1, 0.15) is 42.5 Å². The van der Waals surface area contributed by atoms with Gasteiger partial charge in [-0.1, -0.05) is 42.8 Å². The van der Waals surface area contributed by atoms with Gasteiger partial charge in [-0.05, 0) is 48.8 Å². The molecule has 1 amide bonds. The number of hydrogen-bond donors (Lipinski definition) is 1. The molecule has 1 aliphatic carbocycles. The smallest absolute Gasteiger partial charge is 0.225 e. The van der Waals surface area contributed by atoms with Gasteiger partial charge in [0.05, 0.1) is 5.56 Å². The first-order valence-electron chi connectivity index (χ1n) is 10.1. The van der Waals surface area contributed by atoms with Crippen LogP contribution in [0.3, 0.4) is 0 Å². The van der Waals surface area contributed by atoms with Gasteiger partial charge in [-0.3, -0.25) is 4.79 Å². The van der Waals surface area contributed by atoms with Gasteiger partial charge in [-0.2, -0.15) is 5.26 Å². The number of aromatic nitrogens is 1. The molecule has 4 nitrogen and oxygen atoms in total. The van der Waals surface area contributed by atoms with Crippen LogP contribution in [-0.2, 0) is 17.6 Å². The summed E-state index contributed by atoms with van der Waals surface area (Å²) < 4.78 is 0. The van der Waals surface area contributed by atoms with Gasteiger partial charge in [-0.15, -0.1) is 11.8 Å². The fraction of sp³-hybridized carbons (Fsp3) is 0.292. The van der Waals surface area contributed by atoms with Gasteiger partial charge in [0.25, 0.3) is 0 Å². The van der Waals surface area contributed by atoms with Crippen LogP contribution in [-0.4, -0.2) is 16.6 Å².